The van der Waals surface area contributed by atoms with Gasteiger partial charge < -0.3 is 14.6 Å². The summed E-state index contributed by atoms with van der Waals surface area (Å²) in [4.78, 5) is 31.6. The van der Waals surface area contributed by atoms with Crippen molar-refractivity contribution in [1.82, 2.24) is 15.2 Å². The van der Waals surface area contributed by atoms with Crippen LogP contribution in [-0.4, -0.2) is 41.3 Å². The monoisotopic (exact) mass is 433 g/mol. The lowest BCUT2D eigenvalue weighted by molar-refractivity contribution is -0.122. The highest BCUT2D eigenvalue weighted by Crippen LogP contribution is 2.26. The number of oxazole rings is 1. The van der Waals surface area contributed by atoms with Crippen LogP contribution in [0.4, 0.5) is 0 Å². The molecule has 0 bridgehead atoms. The zero-order valence-corrected chi connectivity index (χ0v) is 18.8. The zero-order chi connectivity index (χ0) is 22.5. The first kappa shape index (κ1) is 22.1. The molecule has 0 unspecified atom stereocenters. The molecule has 0 radical (unpaired) electrons. The Hall–Kier alpha value is -3.15. The number of hydrogen-bond donors (Lipinski definition) is 1. The Balaban J connectivity index is 1.33. The molecule has 0 saturated carbocycles. The standard InChI is InChI=1S/C26H31N3O3/c1-18(2)10-13-27-24(30)16-19-11-14-29(15-12-19)26(31)21-8-9-22-23(17-21)32-25(28-22)20-6-4-3-5-7-20/h3-9,17-19H,10-16H2,1-2H3,(H,27,30). The lowest BCUT2D eigenvalue weighted by Crippen LogP contribution is -2.39. The third-order valence-electron chi connectivity index (χ3n) is 6.08. The van der Waals surface area contributed by atoms with E-state index in [0.717, 1.165) is 36.9 Å². The number of carbonyl (C=O) groups is 2. The van der Waals surface area contributed by atoms with Gasteiger partial charge in [-0.2, -0.15) is 0 Å². The molecule has 1 saturated heterocycles. The van der Waals surface area contributed by atoms with Crippen LogP contribution in [0, 0.1) is 11.8 Å². The molecule has 3 aromatic rings. The highest BCUT2D eigenvalue weighted by molar-refractivity contribution is 5.97. The third-order valence-corrected chi connectivity index (χ3v) is 6.08. The number of aromatic nitrogens is 1. The second-order valence-electron chi connectivity index (χ2n) is 9.04. The molecular weight excluding hydrogens is 402 g/mol. The van der Waals surface area contributed by atoms with E-state index in [4.69, 9.17) is 4.42 Å². The summed E-state index contributed by atoms with van der Waals surface area (Å²) in [7, 11) is 0. The molecule has 32 heavy (non-hydrogen) atoms. The van der Waals surface area contributed by atoms with Crippen LogP contribution in [-0.2, 0) is 4.79 Å². The number of piperidine rings is 1. The van der Waals surface area contributed by atoms with Gasteiger partial charge in [-0.05, 0) is 61.4 Å². The van der Waals surface area contributed by atoms with Gasteiger partial charge in [0.15, 0.2) is 5.58 Å². The van der Waals surface area contributed by atoms with Gasteiger partial charge in [-0.3, -0.25) is 9.59 Å². The van der Waals surface area contributed by atoms with E-state index < -0.39 is 0 Å². The van der Waals surface area contributed by atoms with E-state index in [1.807, 2.05) is 47.4 Å². The lowest BCUT2D eigenvalue weighted by Gasteiger charge is -2.31. The van der Waals surface area contributed by atoms with Gasteiger partial charge in [0.05, 0.1) is 0 Å². The maximum atomic E-state index is 13.0. The minimum absolute atomic E-state index is 0.00407. The van der Waals surface area contributed by atoms with E-state index >= 15 is 0 Å². The quantitative estimate of drug-likeness (QED) is 0.575. The molecule has 0 aliphatic carbocycles. The number of amides is 2. The van der Waals surface area contributed by atoms with Crippen LogP contribution in [0.3, 0.4) is 0 Å². The first-order valence-electron chi connectivity index (χ1n) is 11.5. The smallest absolute Gasteiger partial charge is 0.253 e. The molecule has 2 heterocycles. The fourth-order valence-corrected chi connectivity index (χ4v) is 4.12. The molecule has 4 rings (SSSR count). The molecule has 2 amide bonds. The molecule has 1 aliphatic heterocycles. The SMILES string of the molecule is CC(C)CCNC(=O)CC1CCN(C(=O)c2ccc3nc(-c4ccccc4)oc3c2)CC1. The Morgan fingerprint density at radius 2 is 1.88 bits per heavy atom. The Morgan fingerprint density at radius 3 is 2.59 bits per heavy atom. The van der Waals surface area contributed by atoms with E-state index in [-0.39, 0.29) is 11.8 Å². The molecule has 0 spiro atoms. The van der Waals surface area contributed by atoms with Crippen molar-refractivity contribution < 1.29 is 14.0 Å². The number of fused-ring (bicyclic) bond motifs is 1. The van der Waals surface area contributed by atoms with Crippen molar-refractivity contribution in [1.29, 1.82) is 0 Å². The first-order chi connectivity index (χ1) is 15.5. The Labute approximate surface area is 189 Å². The van der Waals surface area contributed by atoms with Crippen LogP contribution in [0.15, 0.2) is 52.9 Å². The van der Waals surface area contributed by atoms with Gasteiger partial charge in [0.25, 0.3) is 5.91 Å². The average Bonchev–Trinajstić information content (AvgIpc) is 3.23. The van der Waals surface area contributed by atoms with E-state index in [1.54, 1.807) is 6.07 Å². The molecule has 2 aromatic carbocycles. The molecule has 168 valence electrons. The molecule has 1 aliphatic rings. The van der Waals surface area contributed by atoms with E-state index in [2.05, 4.69) is 24.1 Å². The van der Waals surface area contributed by atoms with Crippen molar-refractivity contribution in [2.75, 3.05) is 19.6 Å². The van der Waals surface area contributed by atoms with Crippen molar-refractivity contribution in [3.63, 3.8) is 0 Å². The Bertz CT molecular complexity index is 1070. The number of nitrogens with zero attached hydrogens (tertiary/aromatic N) is 2. The van der Waals surface area contributed by atoms with E-state index in [0.29, 0.717) is 48.4 Å². The zero-order valence-electron chi connectivity index (χ0n) is 18.8. The van der Waals surface area contributed by atoms with Crippen molar-refractivity contribution in [2.45, 2.75) is 39.5 Å². The number of carbonyl (C=O) groups excluding carboxylic acids is 2. The first-order valence-corrected chi connectivity index (χ1v) is 11.5. The second-order valence-corrected chi connectivity index (χ2v) is 9.04. The number of nitrogens with one attached hydrogen (secondary N) is 1. The topological polar surface area (TPSA) is 75.4 Å². The predicted octanol–water partition coefficient (Wildman–Crippen LogP) is 4.90. The molecular formula is C26H31N3O3. The summed E-state index contributed by atoms with van der Waals surface area (Å²) in [6, 6.07) is 15.2. The van der Waals surface area contributed by atoms with Crippen LogP contribution in [0.1, 0.15) is 49.9 Å². The van der Waals surface area contributed by atoms with Crippen molar-refractivity contribution in [2.24, 2.45) is 11.8 Å². The predicted molar refractivity (Wildman–Crippen MR) is 125 cm³/mol. The Morgan fingerprint density at radius 1 is 1.12 bits per heavy atom. The largest absolute Gasteiger partial charge is 0.436 e. The van der Waals surface area contributed by atoms with Crippen LogP contribution in [0.2, 0.25) is 0 Å². The number of rotatable bonds is 7. The number of likely N-dealkylation sites (tertiary alicyclic amines) is 1. The maximum absolute atomic E-state index is 13.0. The summed E-state index contributed by atoms with van der Waals surface area (Å²) in [5, 5.41) is 3.02. The van der Waals surface area contributed by atoms with Gasteiger partial charge in [0, 0.05) is 37.2 Å². The molecule has 6 heteroatoms. The van der Waals surface area contributed by atoms with Crippen LogP contribution >= 0.6 is 0 Å². The van der Waals surface area contributed by atoms with Crippen LogP contribution < -0.4 is 5.32 Å². The minimum Gasteiger partial charge on any atom is -0.436 e. The number of hydrogen-bond acceptors (Lipinski definition) is 4. The van der Waals surface area contributed by atoms with Gasteiger partial charge in [-0.15, -0.1) is 0 Å². The van der Waals surface area contributed by atoms with Gasteiger partial charge in [-0.25, -0.2) is 4.98 Å². The molecule has 1 N–H and O–H groups in total. The van der Waals surface area contributed by atoms with Gasteiger partial charge in [0.1, 0.15) is 5.52 Å². The van der Waals surface area contributed by atoms with Crippen molar-refractivity contribution >= 4 is 22.9 Å². The average molecular weight is 434 g/mol. The summed E-state index contributed by atoms with van der Waals surface area (Å²) in [5.74, 6) is 1.61. The summed E-state index contributed by atoms with van der Waals surface area (Å²) in [6.45, 7) is 6.39. The summed E-state index contributed by atoms with van der Waals surface area (Å²) in [6.07, 6.45) is 3.26. The maximum Gasteiger partial charge on any atom is 0.253 e. The van der Waals surface area contributed by atoms with E-state index in [9.17, 15) is 9.59 Å². The summed E-state index contributed by atoms with van der Waals surface area (Å²) in [5.41, 5.74) is 2.87. The Kier molecular flexibility index (Phi) is 6.88. The molecule has 6 nitrogen and oxygen atoms in total. The van der Waals surface area contributed by atoms with Gasteiger partial charge >= 0.3 is 0 Å². The van der Waals surface area contributed by atoms with Crippen molar-refractivity contribution in [3.8, 4) is 11.5 Å². The summed E-state index contributed by atoms with van der Waals surface area (Å²) < 4.78 is 5.91. The summed E-state index contributed by atoms with van der Waals surface area (Å²) >= 11 is 0. The van der Waals surface area contributed by atoms with Gasteiger partial charge in [0.2, 0.25) is 11.8 Å². The minimum atomic E-state index is 0.00407. The van der Waals surface area contributed by atoms with Crippen LogP contribution in [0.25, 0.3) is 22.6 Å². The third kappa shape index (κ3) is 5.36. The van der Waals surface area contributed by atoms with Crippen molar-refractivity contribution in [3.05, 3.63) is 54.1 Å². The van der Waals surface area contributed by atoms with Crippen LogP contribution in [0.5, 0.6) is 0 Å². The fraction of sp³-hybridized carbons (Fsp3) is 0.423. The normalized spacial score (nSPS) is 14.8. The lowest BCUT2D eigenvalue weighted by atomic mass is 9.92. The number of benzene rings is 2. The second kappa shape index (κ2) is 9.98. The van der Waals surface area contributed by atoms with Gasteiger partial charge in [-0.1, -0.05) is 32.0 Å². The van der Waals surface area contributed by atoms with E-state index in [1.165, 1.54) is 0 Å². The molecule has 0 atom stereocenters. The highest BCUT2D eigenvalue weighted by Gasteiger charge is 2.25. The molecule has 1 aromatic heterocycles. The fourth-order valence-electron chi connectivity index (χ4n) is 4.12. The molecule has 1 fully saturated rings. The highest BCUT2D eigenvalue weighted by atomic mass is 16.3.